The third kappa shape index (κ3) is 2.01. The molecule has 1 aliphatic rings. The van der Waals surface area contributed by atoms with Crippen LogP contribution in [0.15, 0.2) is 47.1 Å². The van der Waals surface area contributed by atoms with Gasteiger partial charge in [0.25, 0.3) is 5.91 Å². The number of carboxylic acids is 1. The summed E-state index contributed by atoms with van der Waals surface area (Å²) < 4.78 is 10.4. The molecule has 2 heterocycles. The largest absolute Gasteiger partial charge is 0.478 e. The van der Waals surface area contributed by atoms with Crippen LogP contribution in [0.4, 0.5) is 5.69 Å². The molecule has 0 fully saturated rings. The summed E-state index contributed by atoms with van der Waals surface area (Å²) >= 11 is 0. The molecule has 1 aromatic carbocycles. The summed E-state index contributed by atoms with van der Waals surface area (Å²) in [6.07, 6.45) is 0.303. The number of carboxylic acid groups (broad SMARTS) is 1. The number of furan rings is 1. The summed E-state index contributed by atoms with van der Waals surface area (Å²) in [6, 6.07) is 9.95. The highest BCUT2D eigenvalue weighted by molar-refractivity contribution is 6.06. The van der Waals surface area contributed by atoms with Crippen molar-refractivity contribution in [1.29, 1.82) is 0 Å². The Kier molecular flexibility index (Phi) is 2.90. The zero-order valence-electron chi connectivity index (χ0n) is 10.4. The number of hydrogen-bond donors (Lipinski definition) is 1. The van der Waals surface area contributed by atoms with Crippen LogP contribution >= 0.6 is 0 Å². The van der Waals surface area contributed by atoms with Crippen molar-refractivity contribution in [2.45, 2.75) is 6.10 Å². The Labute approximate surface area is 114 Å². The molecule has 0 unspecified atom stereocenters. The van der Waals surface area contributed by atoms with E-state index in [1.54, 1.807) is 30.3 Å². The fourth-order valence-corrected chi connectivity index (χ4v) is 2.09. The van der Waals surface area contributed by atoms with Gasteiger partial charge in [-0.1, -0.05) is 12.1 Å². The highest BCUT2D eigenvalue weighted by atomic mass is 16.5. The summed E-state index contributed by atoms with van der Waals surface area (Å²) in [5.41, 5.74) is 0.534. The molecule has 0 saturated heterocycles. The van der Waals surface area contributed by atoms with Gasteiger partial charge in [0.2, 0.25) is 6.10 Å². The molecule has 102 valence electrons. The van der Waals surface area contributed by atoms with Gasteiger partial charge in [-0.05, 0) is 24.3 Å². The van der Waals surface area contributed by atoms with Crippen molar-refractivity contribution >= 4 is 17.6 Å². The predicted molar refractivity (Wildman–Crippen MR) is 68.9 cm³/mol. The Morgan fingerprint density at radius 1 is 1.20 bits per heavy atom. The fourth-order valence-electron chi connectivity index (χ4n) is 2.09. The van der Waals surface area contributed by atoms with E-state index < -0.39 is 18.0 Å². The number of fused-ring (bicyclic) bond motifs is 1. The van der Waals surface area contributed by atoms with Crippen LogP contribution in [0, 0.1) is 0 Å². The molecule has 0 spiro atoms. The minimum absolute atomic E-state index is 0.0636. The first-order chi connectivity index (χ1) is 9.66. The quantitative estimate of drug-likeness (QED) is 0.902. The first kappa shape index (κ1) is 12.3. The maximum absolute atomic E-state index is 12.4. The molecule has 6 heteroatoms. The Balaban J connectivity index is 2.01. The van der Waals surface area contributed by atoms with Crippen molar-refractivity contribution < 1.29 is 23.8 Å². The number of ether oxygens (including phenoxy) is 1. The lowest BCUT2D eigenvalue weighted by Crippen LogP contribution is -2.47. The zero-order chi connectivity index (χ0) is 14.1. The van der Waals surface area contributed by atoms with E-state index in [0.29, 0.717) is 11.4 Å². The number of hydrogen-bond acceptors (Lipinski definition) is 4. The molecule has 1 amide bonds. The van der Waals surface area contributed by atoms with Gasteiger partial charge in [0.15, 0.2) is 5.76 Å². The van der Waals surface area contributed by atoms with Gasteiger partial charge in [-0.25, -0.2) is 4.79 Å². The predicted octanol–water partition coefficient (Wildman–Crippen LogP) is 1.77. The molecule has 20 heavy (non-hydrogen) atoms. The highest BCUT2D eigenvalue weighted by Gasteiger charge is 2.34. The second-order valence-electron chi connectivity index (χ2n) is 4.31. The summed E-state index contributed by atoms with van der Waals surface area (Å²) in [6.45, 7) is -0.0636. The molecule has 3 rings (SSSR count). The van der Waals surface area contributed by atoms with Crippen LogP contribution in [0.25, 0.3) is 0 Å². The summed E-state index contributed by atoms with van der Waals surface area (Å²) in [5, 5.41) is 9.11. The second kappa shape index (κ2) is 4.73. The number of carbonyl (C=O) groups excluding carboxylic acids is 1. The lowest BCUT2D eigenvalue weighted by atomic mass is 10.1. The first-order valence-corrected chi connectivity index (χ1v) is 6.00. The van der Waals surface area contributed by atoms with Gasteiger partial charge < -0.3 is 14.3 Å². The third-order valence-corrected chi connectivity index (χ3v) is 3.03. The smallest absolute Gasteiger partial charge is 0.346 e. The van der Waals surface area contributed by atoms with E-state index in [2.05, 4.69) is 0 Å². The average Bonchev–Trinajstić information content (AvgIpc) is 2.99. The van der Waals surface area contributed by atoms with E-state index in [0.717, 1.165) is 0 Å². The summed E-state index contributed by atoms with van der Waals surface area (Å²) in [5.74, 6) is -0.981. The molecule has 0 radical (unpaired) electrons. The topological polar surface area (TPSA) is 80.0 Å². The van der Waals surface area contributed by atoms with Crippen LogP contribution in [0.5, 0.6) is 5.75 Å². The van der Waals surface area contributed by atoms with Crippen LogP contribution in [0.3, 0.4) is 0 Å². The Morgan fingerprint density at radius 3 is 2.70 bits per heavy atom. The van der Waals surface area contributed by atoms with Crippen molar-refractivity contribution in [3.63, 3.8) is 0 Å². The van der Waals surface area contributed by atoms with Crippen LogP contribution < -0.4 is 9.64 Å². The van der Waals surface area contributed by atoms with Gasteiger partial charge in [-0.15, -0.1) is 0 Å². The number of amides is 1. The molecular formula is C14H11NO5. The van der Waals surface area contributed by atoms with Crippen molar-refractivity contribution in [1.82, 2.24) is 0 Å². The van der Waals surface area contributed by atoms with Gasteiger partial charge in [0.1, 0.15) is 5.75 Å². The number of carbonyl (C=O) groups is 2. The molecule has 1 aromatic heterocycles. The first-order valence-electron chi connectivity index (χ1n) is 6.00. The molecule has 0 saturated carbocycles. The lowest BCUT2D eigenvalue weighted by molar-refractivity contribution is -0.144. The average molecular weight is 273 g/mol. The maximum atomic E-state index is 12.4. The van der Waals surface area contributed by atoms with Gasteiger partial charge in [0.05, 0.1) is 18.5 Å². The van der Waals surface area contributed by atoms with Crippen LogP contribution in [-0.4, -0.2) is 29.6 Å². The Bertz CT molecular complexity index is 649. The van der Waals surface area contributed by atoms with Crippen molar-refractivity contribution in [2.75, 3.05) is 11.4 Å². The minimum atomic E-state index is -1.11. The van der Waals surface area contributed by atoms with Crippen LogP contribution in [0.2, 0.25) is 0 Å². The molecule has 1 aliphatic heterocycles. The molecular weight excluding hydrogens is 262 g/mol. The molecule has 0 aliphatic carbocycles. The van der Waals surface area contributed by atoms with E-state index in [1.807, 2.05) is 0 Å². The number of nitrogens with zero attached hydrogens (tertiary/aromatic N) is 1. The zero-order valence-corrected chi connectivity index (χ0v) is 10.4. The maximum Gasteiger partial charge on any atom is 0.346 e. The molecule has 0 bridgehead atoms. The van der Waals surface area contributed by atoms with E-state index in [-0.39, 0.29) is 12.3 Å². The van der Waals surface area contributed by atoms with E-state index in [4.69, 9.17) is 14.3 Å². The van der Waals surface area contributed by atoms with Crippen LogP contribution in [-0.2, 0) is 4.79 Å². The minimum Gasteiger partial charge on any atom is -0.478 e. The van der Waals surface area contributed by atoms with Crippen molar-refractivity contribution in [3.05, 3.63) is 48.4 Å². The van der Waals surface area contributed by atoms with Crippen molar-refractivity contribution in [3.8, 4) is 5.75 Å². The van der Waals surface area contributed by atoms with E-state index >= 15 is 0 Å². The normalized spacial score (nSPS) is 17.2. The highest BCUT2D eigenvalue weighted by Crippen LogP contribution is 2.34. The van der Waals surface area contributed by atoms with Crippen LogP contribution in [0.1, 0.15) is 10.6 Å². The Morgan fingerprint density at radius 2 is 2.00 bits per heavy atom. The molecule has 6 nitrogen and oxygen atoms in total. The van der Waals surface area contributed by atoms with E-state index in [9.17, 15) is 9.59 Å². The third-order valence-electron chi connectivity index (χ3n) is 3.03. The SMILES string of the molecule is O=C(O)[C@@H]1CN(C(=O)c2ccco2)c2ccccc2O1. The lowest BCUT2D eigenvalue weighted by Gasteiger charge is -2.32. The number of anilines is 1. The standard InChI is InChI=1S/C14H11NO5/c16-13(11-6-3-7-19-11)15-8-12(14(17)18)20-10-5-2-1-4-9(10)15/h1-7,12H,8H2,(H,17,18)/t12-/m0/s1. The summed E-state index contributed by atoms with van der Waals surface area (Å²) in [7, 11) is 0. The van der Waals surface area contributed by atoms with Gasteiger partial charge in [0, 0.05) is 0 Å². The number of benzene rings is 1. The summed E-state index contributed by atoms with van der Waals surface area (Å²) in [4.78, 5) is 24.9. The monoisotopic (exact) mass is 273 g/mol. The van der Waals surface area contributed by atoms with Gasteiger partial charge in [-0.3, -0.25) is 9.69 Å². The fraction of sp³-hybridized carbons (Fsp3) is 0.143. The molecule has 1 N–H and O–H groups in total. The number of aliphatic carboxylic acids is 1. The van der Waals surface area contributed by atoms with Crippen molar-refractivity contribution in [2.24, 2.45) is 0 Å². The molecule has 1 atom stereocenters. The van der Waals surface area contributed by atoms with E-state index in [1.165, 1.54) is 17.2 Å². The van der Waals surface area contributed by atoms with Gasteiger partial charge in [-0.2, -0.15) is 0 Å². The number of rotatable bonds is 2. The molecule has 2 aromatic rings. The number of para-hydroxylation sites is 2. The Hall–Kier alpha value is -2.76. The second-order valence-corrected chi connectivity index (χ2v) is 4.31. The van der Waals surface area contributed by atoms with Gasteiger partial charge >= 0.3 is 5.97 Å².